The topological polar surface area (TPSA) is 84.4 Å². The van der Waals surface area contributed by atoms with Crippen molar-refractivity contribution in [1.82, 2.24) is 15.1 Å². The highest BCUT2D eigenvalue weighted by Gasteiger charge is 2.27. The molecule has 3 aromatic rings. The minimum Gasteiger partial charge on any atom is -0.484 e. The van der Waals surface area contributed by atoms with Crippen LogP contribution >= 0.6 is 11.3 Å². The van der Waals surface area contributed by atoms with Crippen molar-refractivity contribution >= 4 is 28.8 Å². The van der Waals surface area contributed by atoms with E-state index in [1.54, 1.807) is 0 Å². The van der Waals surface area contributed by atoms with Crippen LogP contribution in [0.15, 0.2) is 54.6 Å². The van der Waals surface area contributed by atoms with Gasteiger partial charge in [0.05, 0.1) is 0 Å². The van der Waals surface area contributed by atoms with E-state index in [4.69, 9.17) is 4.74 Å². The highest BCUT2D eigenvalue weighted by atomic mass is 32.1. The van der Waals surface area contributed by atoms with Crippen LogP contribution in [0.25, 0.3) is 0 Å². The molecule has 1 saturated heterocycles. The summed E-state index contributed by atoms with van der Waals surface area (Å²) in [6.45, 7) is 3.32. The number of aryl methyl sites for hydroxylation is 1. The minimum atomic E-state index is -0.254. The lowest BCUT2D eigenvalue weighted by Crippen LogP contribution is -2.40. The number of anilines is 1. The Bertz CT molecular complexity index is 1050. The first kappa shape index (κ1) is 21.0. The lowest BCUT2D eigenvalue weighted by molar-refractivity contribution is -0.134. The predicted octanol–water partition coefficient (Wildman–Crippen LogP) is 3.88. The molecule has 1 aliphatic rings. The zero-order valence-corrected chi connectivity index (χ0v) is 18.1. The number of aromatic nitrogens is 2. The smallest absolute Gasteiger partial charge is 0.286 e. The number of para-hydroxylation sites is 1. The van der Waals surface area contributed by atoms with E-state index in [1.807, 2.05) is 66.4 Å². The maximum atomic E-state index is 12.5. The van der Waals surface area contributed by atoms with Gasteiger partial charge in [-0.1, -0.05) is 41.7 Å². The molecular weight excluding hydrogens is 412 g/mol. The Labute approximate surface area is 185 Å². The monoisotopic (exact) mass is 436 g/mol. The number of piperidine rings is 1. The molecule has 1 aliphatic heterocycles. The largest absolute Gasteiger partial charge is 0.484 e. The first-order valence-corrected chi connectivity index (χ1v) is 11.1. The number of ether oxygens (including phenoxy) is 1. The molecule has 160 valence electrons. The number of carbonyl (C=O) groups excluding carboxylic acids is 2. The van der Waals surface area contributed by atoms with Crippen LogP contribution in [0.4, 0.5) is 5.69 Å². The van der Waals surface area contributed by atoms with Crippen molar-refractivity contribution in [1.29, 1.82) is 0 Å². The Hall–Kier alpha value is -3.26. The zero-order valence-electron chi connectivity index (χ0n) is 17.3. The van der Waals surface area contributed by atoms with E-state index in [0.29, 0.717) is 23.8 Å². The first-order chi connectivity index (χ1) is 15.1. The van der Waals surface area contributed by atoms with Gasteiger partial charge in [0.15, 0.2) is 6.61 Å². The number of hydrogen-bond acceptors (Lipinski definition) is 6. The number of rotatable bonds is 6. The molecule has 0 atom stereocenters. The van der Waals surface area contributed by atoms with Crippen molar-refractivity contribution in [3.63, 3.8) is 0 Å². The molecule has 31 heavy (non-hydrogen) atoms. The Balaban J connectivity index is 1.27. The average molecular weight is 437 g/mol. The molecule has 0 unspecified atom stereocenters. The van der Waals surface area contributed by atoms with Gasteiger partial charge in [0.2, 0.25) is 5.01 Å². The third kappa shape index (κ3) is 5.46. The van der Waals surface area contributed by atoms with E-state index in [-0.39, 0.29) is 24.3 Å². The number of likely N-dealkylation sites (tertiary alicyclic amines) is 1. The van der Waals surface area contributed by atoms with E-state index in [9.17, 15) is 9.59 Å². The van der Waals surface area contributed by atoms with E-state index in [1.165, 1.54) is 11.3 Å². The Morgan fingerprint density at radius 2 is 1.87 bits per heavy atom. The number of benzene rings is 2. The van der Waals surface area contributed by atoms with Crippen LogP contribution in [0.2, 0.25) is 0 Å². The predicted molar refractivity (Wildman–Crippen MR) is 120 cm³/mol. The van der Waals surface area contributed by atoms with Crippen molar-refractivity contribution in [3.05, 3.63) is 70.2 Å². The van der Waals surface area contributed by atoms with Gasteiger partial charge in [-0.05, 0) is 49.6 Å². The quantitative estimate of drug-likeness (QED) is 0.634. The van der Waals surface area contributed by atoms with Gasteiger partial charge < -0.3 is 15.0 Å². The lowest BCUT2D eigenvalue weighted by Gasteiger charge is -2.30. The van der Waals surface area contributed by atoms with Crippen LogP contribution in [0, 0.1) is 6.92 Å². The summed E-state index contributed by atoms with van der Waals surface area (Å²) >= 11 is 1.32. The summed E-state index contributed by atoms with van der Waals surface area (Å²) in [6.07, 6.45) is 1.59. The molecular formula is C23H24N4O3S. The van der Waals surface area contributed by atoms with E-state index >= 15 is 0 Å². The van der Waals surface area contributed by atoms with Crippen molar-refractivity contribution < 1.29 is 14.3 Å². The van der Waals surface area contributed by atoms with E-state index < -0.39 is 0 Å². The van der Waals surface area contributed by atoms with Crippen LogP contribution < -0.4 is 10.1 Å². The summed E-state index contributed by atoms with van der Waals surface area (Å²) in [5, 5.41) is 12.3. The van der Waals surface area contributed by atoms with E-state index in [2.05, 4.69) is 15.5 Å². The molecule has 1 N–H and O–H groups in total. The van der Waals surface area contributed by atoms with Crippen molar-refractivity contribution in [2.24, 2.45) is 0 Å². The highest BCUT2D eigenvalue weighted by Crippen LogP contribution is 2.30. The molecule has 8 heteroatoms. The van der Waals surface area contributed by atoms with Gasteiger partial charge in [0, 0.05) is 24.7 Å². The number of amides is 2. The molecule has 1 fully saturated rings. The van der Waals surface area contributed by atoms with Crippen molar-refractivity contribution in [3.8, 4) is 5.75 Å². The number of hydrogen-bond donors (Lipinski definition) is 1. The van der Waals surface area contributed by atoms with Gasteiger partial charge in [-0.25, -0.2) is 0 Å². The molecule has 0 spiro atoms. The molecule has 0 aliphatic carbocycles. The van der Waals surface area contributed by atoms with Crippen LogP contribution in [-0.2, 0) is 4.79 Å². The van der Waals surface area contributed by atoms with Gasteiger partial charge >= 0.3 is 0 Å². The third-order valence-electron chi connectivity index (χ3n) is 5.22. The van der Waals surface area contributed by atoms with Crippen LogP contribution in [0.1, 0.15) is 39.1 Å². The minimum absolute atomic E-state index is 0.0138. The summed E-state index contributed by atoms with van der Waals surface area (Å²) in [7, 11) is 0. The van der Waals surface area contributed by atoms with Crippen LogP contribution in [0.5, 0.6) is 5.75 Å². The average Bonchev–Trinajstić information content (AvgIpc) is 3.29. The van der Waals surface area contributed by atoms with Crippen LogP contribution in [-0.4, -0.2) is 46.6 Å². The number of nitrogens with zero attached hydrogens (tertiary/aromatic N) is 3. The maximum absolute atomic E-state index is 12.5. The van der Waals surface area contributed by atoms with Gasteiger partial charge in [-0.2, -0.15) is 0 Å². The molecule has 1 aromatic heterocycles. The third-order valence-corrected chi connectivity index (χ3v) is 6.30. The molecule has 2 amide bonds. The van der Waals surface area contributed by atoms with Gasteiger partial charge in [0.25, 0.3) is 11.8 Å². The van der Waals surface area contributed by atoms with E-state index in [0.717, 1.165) is 29.1 Å². The molecule has 0 radical (unpaired) electrons. The number of nitrogens with one attached hydrogen (secondary N) is 1. The standard InChI is InChI=1S/C23H24N4O3S/c1-16-6-5-9-19(14-16)30-15-20(28)27-12-10-17(11-13-27)22-25-26-23(31-22)21(29)24-18-7-3-2-4-8-18/h2-9,14,17H,10-13,15H2,1H3,(H,24,29). The maximum Gasteiger partial charge on any atom is 0.286 e. The summed E-state index contributed by atoms with van der Waals surface area (Å²) in [5.74, 6) is 0.645. The number of carbonyl (C=O) groups is 2. The molecule has 2 aromatic carbocycles. The summed E-state index contributed by atoms with van der Waals surface area (Å²) in [5.41, 5.74) is 1.82. The second kappa shape index (κ2) is 9.70. The zero-order chi connectivity index (χ0) is 21.6. The Kier molecular flexibility index (Phi) is 6.57. The molecule has 7 nitrogen and oxygen atoms in total. The Morgan fingerprint density at radius 3 is 2.61 bits per heavy atom. The SMILES string of the molecule is Cc1cccc(OCC(=O)N2CCC(c3nnc(C(=O)Nc4ccccc4)s3)CC2)c1. The first-order valence-electron chi connectivity index (χ1n) is 10.3. The molecule has 0 saturated carbocycles. The van der Waals surface area contributed by atoms with Gasteiger partial charge in [-0.3, -0.25) is 9.59 Å². The fraction of sp³-hybridized carbons (Fsp3) is 0.304. The van der Waals surface area contributed by atoms with Gasteiger partial charge in [0.1, 0.15) is 10.8 Å². The lowest BCUT2D eigenvalue weighted by atomic mass is 9.98. The van der Waals surface area contributed by atoms with Crippen molar-refractivity contribution in [2.75, 3.05) is 25.0 Å². The van der Waals surface area contributed by atoms with Crippen LogP contribution in [0.3, 0.4) is 0 Å². The highest BCUT2D eigenvalue weighted by molar-refractivity contribution is 7.13. The summed E-state index contributed by atoms with van der Waals surface area (Å²) in [4.78, 5) is 26.7. The summed E-state index contributed by atoms with van der Waals surface area (Å²) < 4.78 is 5.64. The molecule has 2 heterocycles. The Morgan fingerprint density at radius 1 is 1.10 bits per heavy atom. The molecule has 0 bridgehead atoms. The van der Waals surface area contributed by atoms with Crippen molar-refractivity contribution in [2.45, 2.75) is 25.7 Å². The summed E-state index contributed by atoms with van der Waals surface area (Å²) in [6, 6.07) is 17.0. The second-order valence-corrected chi connectivity index (χ2v) is 8.53. The fourth-order valence-electron chi connectivity index (χ4n) is 3.51. The van der Waals surface area contributed by atoms with Gasteiger partial charge in [-0.15, -0.1) is 10.2 Å². The normalized spacial score (nSPS) is 14.3. The molecule has 4 rings (SSSR count). The fourth-order valence-corrected chi connectivity index (χ4v) is 4.42. The second-order valence-electron chi connectivity index (χ2n) is 7.53.